The van der Waals surface area contributed by atoms with E-state index in [1.165, 1.54) is 32.7 Å². The zero-order chi connectivity index (χ0) is 20.4. The van der Waals surface area contributed by atoms with Crippen molar-refractivity contribution in [2.24, 2.45) is 0 Å². The number of aryl methyl sites for hydroxylation is 2. The van der Waals surface area contributed by atoms with Crippen LogP contribution in [0.1, 0.15) is 24.0 Å². The van der Waals surface area contributed by atoms with Crippen molar-refractivity contribution in [1.29, 1.82) is 0 Å². The summed E-state index contributed by atoms with van der Waals surface area (Å²) < 4.78 is 0. The van der Waals surface area contributed by atoms with Crippen LogP contribution in [-0.4, -0.2) is 11.5 Å². The summed E-state index contributed by atoms with van der Waals surface area (Å²) in [6.45, 7) is 0. The predicted octanol–water partition coefficient (Wildman–Crippen LogP) is 10.4. The van der Waals surface area contributed by atoms with Crippen LogP contribution in [0.25, 0.3) is 21.5 Å². The fourth-order valence-corrected chi connectivity index (χ4v) is 6.58. The van der Waals surface area contributed by atoms with Gasteiger partial charge in [-0.25, -0.2) is 0 Å². The van der Waals surface area contributed by atoms with Crippen LogP contribution in [0, 0.1) is 0 Å². The molecule has 0 amide bonds. The highest BCUT2D eigenvalue weighted by Crippen LogP contribution is 2.64. The van der Waals surface area contributed by atoms with Gasteiger partial charge in [0.15, 0.2) is 0 Å². The number of rotatable bonds is 8. The fraction of sp³-hybridized carbons (Fsp3) is 0.300. The number of halogens is 6. The van der Waals surface area contributed by atoms with Crippen molar-refractivity contribution in [3.05, 3.63) is 59.7 Å². The van der Waals surface area contributed by atoms with Crippen LogP contribution in [0.2, 0.25) is 0 Å². The summed E-state index contributed by atoms with van der Waals surface area (Å²) in [6.07, 6.45) is 3.44. The third kappa shape index (κ3) is 6.31. The molecule has 0 nitrogen and oxygen atoms in total. The third-order valence-corrected chi connectivity index (χ3v) is 9.04. The van der Waals surface area contributed by atoms with Gasteiger partial charge < -0.3 is 0 Å². The molecule has 154 valence electrons. The number of hydrogen-bond acceptors (Lipinski definition) is 0. The molecule has 8 heteroatoms. The molecule has 0 N–H and O–H groups in total. The smallest absolute Gasteiger partial charge is 0.0168 e. The molecule has 0 unspecified atom stereocenters. The number of fused-ring (bicyclic) bond motifs is 2. The summed E-state index contributed by atoms with van der Waals surface area (Å²) in [4.78, 5) is 0. The minimum Gasteiger partial charge on any atom is -0.0616 e. The second-order valence-electron chi connectivity index (χ2n) is 6.67. The van der Waals surface area contributed by atoms with Gasteiger partial charge in [-0.1, -0.05) is 48.5 Å². The van der Waals surface area contributed by atoms with E-state index in [2.05, 4.69) is 48.5 Å². The van der Waals surface area contributed by atoms with E-state index in [9.17, 15) is 0 Å². The normalized spacial score (nSPS) is 13.9. The van der Waals surface area contributed by atoms with Gasteiger partial charge in [-0.15, -0.1) is 0 Å². The van der Waals surface area contributed by atoms with Crippen molar-refractivity contribution in [1.82, 2.24) is 0 Å². The van der Waals surface area contributed by atoms with Gasteiger partial charge in [0.05, 0.1) is 0 Å². The second-order valence-corrected chi connectivity index (χ2v) is 21.8. The van der Waals surface area contributed by atoms with Gasteiger partial charge in [-0.05, 0) is 138 Å². The summed E-state index contributed by atoms with van der Waals surface area (Å²) in [5, 5.41) is 5.04. The van der Waals surface area contributed by atoms with Gasteiger partial charge in [-0.3, -0.25) is 0 Å². The topological polar surface area (TPSA) is 0 Å². The first kappa shape index (κ1) is 23.3. The largest absolute Gasteiger partial charge is 0.0616 e. The first-order valence-corrected chi connectivity index (χ1v) is 17.4. The molecule has 0 aromatic heterocycles. The standard InChI is InChI=1S/C20H20Cl6S2/c21-27(22,23)13-5-11-19-15-7-1-2-8-16(15)20(12-6-14-28(24,25)26)18-10-4-3-9-17(18)19/h1-4,7-10H,5-6,11-14H2. The maximum atomic E-state index is 6.04. The molecule has 3 aromatic carbocycles. The zero-order valence-electron chi connectivity index (χ0n) is 14.9. The lowest BCUT2D eigenvalue weighted by Crippen LogP contribution is -1.99. The first-order chi connectivity index (χ1) is 13.2. The minimum atomic E-state index is -2.05. The molecular weight excluding hydrogens is 517 g/mol. The second kappa shape index (κ2) is 9.83. The van der Waals surface area contributed by atoms with E-state index in [4.69, 9.17) is 64.1 Å². The first-order valence-electron chi connectivity index (χ1n) is 8.86. The predicted molar refractivity (Wildman–Crippen MR) is 138 cm³/mol. The van der Waals surface area contributed by atoms with Gasteiger partial charge in [0.25, 0.3) is 0 Å². The van der Waals surface area contributed by atoms with Crippen LogP contribution < -0.4 is 0 Å². The molecule has 0 aliphatic rings. The summed E-state index contributed by atoms with van der Waals surface area (Å²) in [6, 6.07) is 17.1. The quantitative estimate of drug-likeness (QED) is 0.251. The molecule has 3 aromatic rings. The molecule has 0 bridgehead atoms. The average molecular weight is 537 g/mol. The Morgan fingerprint density at radius 1 is 0.500 bits per heavy atom. The lowest BCUT2D eigenvalue weighted by molar-refractivity contribution is 0.939. The molecule has 0 spiro atoms. The molecular formula is C20H20Cl6S2. The van der Waals surface area contributed by atoms with E-state index in [0.717, 1.165) is 25.7 Å². The highest BCUT2D eigenvalue weighted by Gasteiger charge is 2.18. The lowest BCUT2D eigenvalue weighted by atomic mass is 9.88. The minimum absolute atomic E-state index is 0.605. The molecule has 0 saturated carbocycles. The summed E-state index contributed by atoms with van der Waals surface area (Å²) >= 11 is 0. The number of benzene rings is 3. The fourth-order valence-electron chi connectivity index (χ4n) is 3.67. The molecule has 0 saturated heterocycles. The van der Waals surface area contributed by atoms with E-state index in [1.54, 1.807) is 0 Å². The SMILES string of the molecule is ClS(Cl)(Cl)CCCc1c2ccccc2c(CCCS(Cl)(Cl)Cl)c2ccccc12. The van der Waals surface area contributed by atoms with Crippen molar-refractivity contribution in [3.8, 4) is 0 Å². The third-order valence-electron chi connectivity index (χ3n) is 4.76. The Kier molecular flexibility index (Phi) is 8.18. The molecule has 0 radical (unpaired) electrons. The molecule has 0 fully saturated rings. The van der Waals surface area contributed by atoms with Gasteiger partial charge in [-0.2, -0.15) is 0 Å². The molecule has 3 rings (SSSR count). The van der Waals surface area contributed by atoms with Gasteiger partial charge in [0, 0.05) is 11.5 Å². The van der Waals surface area contributed by atoms with Crippen LogP contribution >= 0.6 is 79.4 Å². The summed E-state index contributed by atoms with van der Waals surface area (Å²) in [5.74, 6) is 1.21. The lowest BCUT2D eigenvalue weighted by Gasteiger charge is -2.20. The van der Waals surface area contributed by atoms with Crippen LogP contribution in [0.15, 0.2) is 48.5 Å². The molecule has 0 atom stereocenters. The van der Waals surface area contributed by atoms with Crippen molar-refractivity contribution in [3.63, 3.8) is 0 Å². The van der Waals surface area contributed by atoms with Crippen LogP contribution in [0.5, 0.6) is 0 Å². The summed E-state index contributed by atoms with van der Waals surface area (Å²) in [5.41, 5.74) is 2.63. The van der Waals surface area contributed by atoms with Crippen LogP contribution in [0.4, 0.5) is 0 Å². The molecule has 0 aliphatic heterocycles. The van der Waals surface area contributed by atoms with E-state index in [0.29, 0.717) is 11.5 Å². The van der Waals surface area contributed by atoms with Crippen molar-refractivity contribution >= 4 is 101 Å². The molecule has 0 heterocycles. The highest BCUT2D eigenvalue weighted by atomic mass is 36.2. The Hall–Kier alpha value is 0.620. The molecule has 0 aliphatic carbocycles. The highest BCUT2D eigenvalue weighted by molar-refractivity contribution is 8.79. The summed E-state index contributed by atoms with van der Waals surface area (Å²) in [7, 11) is 32.1. The van der Waals surface area contributed by atoms with Gasteiger partial charge >= 0.3 is 0 Å². The van der Waals surface area contributed by atoms with E-state index in [-0.39, 0.29) is 0 Å². The van der Waals surface area contributed by atoms with Crippen LogP contribution in [-0.2, 0) is 12.8 Å². The zero-order valence-corrected chi connectivity index (χ0v) is 21.1. The Balaban J connectivity index is 2.05. The van der Waals surface area contributed by atoms with Crippen LogP contribution in [0.3, 0.4) is 0 Å². The Morgan fingerprint density at radius 2 is 0.786 bits per heavy atom. The van der Waals surface area contributed by atoms with E-state index in [1.807, 2.05) is 0 Å². The van der Waals surface area contributed by atoms with Crippen molar-refractivity contribution in [2.75, 3.05) is 11.5 Å². The van der Waals surface area contributed by atoms with E-state index >= 15 is 0 Å². The monoisotopic (exact) mass is 534 g/mol. The van der Waals surface area contributed by atoms with Gasteiger partial charge in [0.2, 0.25) is 0 Å². The Bertz CT molecular complexity index is 827. The maximum absolute atomic E-state index is 6.04. The van der Waals surface area contributed by atoms with Crippen molar-refractivity contribution < 1.29 is 0 Å². The maximum Gasteiger partial charge on any atom is 0.0168 e. The Labute approximate surface area is 196 Å². The number of hydrogen-bond donors (Lipinski definition) is 0. The van der Waals surface area contributed by atoms with Gasteiger partial charge in [0.1, 0.15) is 0 Å². The van der Waals surface area contributed by atoms with E-state index < -0.39 is 15.3 Å². The average Bonchev–Trinajstić information content (AvgIpc) is 2.61. The molecule has 28 heavy (non-hydrogen) atoms. The van der Waals surface area contributed by atoms with Crippen molar-refractivity contribution in [2.45, 2.75) is 25.7 Å². The Morgan fingerprint density at radius 3 is 1.04 bits per heavy atom.